The molecule has 0 atom stereocenters. The van der Waals surface area contributed by atoms with Crippen LogP contribution in [0.15, 0.2) is 0 Å². The van der Waals surface area contributed by atoms with Gasteiger partial charge in [0.15, 0.2) is 0 Å². The summed E-state index contributed by atoms with van der Waals surface area (Å²) in [5, 5.41) is 0. The van der Waals surface area contributed by atoms with E-state index >= 15 is 0 Å². The Labute approximate surface area is 92.8 Å². The zero-order valence-electron chi connectivity index (χ0n) is 7.45. The molecule has 17 heteroatoms. The van der Waals surface area contributed by atoms with Crippen molar-refractivity contribution in [2.24, 2.45) is 0 Å². The van der Waals surface area contributed by atoms with Gasteiger partial charge in [0.1, 0.15) is 0 Å². The lowest BCUT2D eigenvalue weighted by atomic mass is 13.8. The molecule has 0 aliphatic rings. The summed E-state index contributed by atoms with van der Waals surface area (Å²) in [5.41, 5.74) is 0. The minimum Gasteiger partial charge on any atom is -0.278 e. The summed E-state index contributed by atoms with van der Waals surface area (Å²) in [5.74, 6) is 0. The first kappa shape index (κ1) is 17.6. The molecule has 0 aromatic heterocycles. The molecule has 0 saturated heterocycles. The second kappa shape index (κ2) is 4.29. The number of rotatable bonds is 4. The second-order valence-electron chi connectivity index (χ2n) is 2.59. The van der Waals surface area contributed by atoms with Crippen molar-refractivity contribution in [1.29, 1.82) is 0 Å². The highest BCUT2D eigenvalue weighted by atomic mass is 31.4. The van der Waals surface area contributed by atoms with Crippen LogP contribution in [0.2, 0.25) is 0 Å². The summed E-state index contributed by atoms with van der Waals surface area (Å²) in [6.45, 7) is 0. The van der Waals surface area contributed by atoms with Crippen molar-refractivity contribution >= 4 is 31.0 Å². The minimum atomic E-state index is -6.62. The average molecular weight is 338 g/mol. The number of quaternary nitrogens is 1. The molecule has 0 aromatic carbocycles. The van der Waals surface area contributed by atoms with Crippen molar-refractivity contribution in [3.05, 3.63) is 0 Å². The van der Waals surface area contributed by atoms with Gasteiger partial charge in [-0.25, -0.2) is 18.3 Å². The molecule has 8 N–H and O–H groups in total. The molecule has 0 aromatic rings. The molecular weight excluding hydrogens is 330 g/mol. The molecule has 0 amide bonds. The number of hydrogen-bond donors (Lipinski definition) is 8. The van der Waals surface area contributed by atoms with E-state index in [-0.39, 0.29) is 0 Å². The maximum Gasteiger partial charge on any atom is 0.548 e. The van der Waals surface area contributed by atoms with Crippen molar-refractivity contribution in [2.75, 3.05) is 0 Å². The third-order valence-electron chi connectivity index (χ3n) is 1.40. The van der Waals surface area contributed by atoms with Crippen LogP contribution < -0.4 is 0 Å². The monoisotopic (exact) mass is 338 g/mol. The fraction of sp³-hybridized carbons (Fsp3) is 0. The topological polar surface area (TPSA) is 230 Å². The first-order valence-corrected chi connectivity index (χ1v) is 9.39. The van der Waals surface area contributed by atoms with Gasteiger partial charge in [-0.1, -0.05) is 0 Å². The lowest BCUT2D eigenvalue weighted by Crippen LogP contribution is -2.34. The van der Waals surface area contributed by atoms with Crippen LogP contribution in [0.3, 0.4) is 0 Å². The molecule has 0 heterocycles. The Bertz CT molecular complexity index is 383. The summed E-state index contributed by atoms with van der Waals surface area (Å²) < 4.78 is 38.9. The smallest absolute Gasteiger partial charge is 0.278 e. The predicted molar refractivity (Wildman–Crippen MR) is 48.4 cm³/mol. The van der Waals surface area contributed by atoms with E-state index in [4.69, 9.17) is 39.1 Å². The van der Waals surface area contributed by atoms with Crippen molar-refractivity contribution in [2.45, 2.75) is 0 Å². The Morgan fingerprint density at radius 1 is 0.471 bits per heavy atom. The van der Waals surface area contributed by atoms with Gasteiger partial charge in [0.2, 0.25) is 0 Å². The van der Waals surface area contributed by atoms with Crippen molar-refractivity contribution in [1.82, 2.24) is 0 Å². The SMILES string of the molecule is O=P(O)(O)[N+](P(=O)(O)O)(P(=O)(O)O)P(=O)(O)O. The van der Waals surface area contributed by atoms with E-state index in [2.05, 4.69) is 0 Å². The van der Waals surface area contributed by atoms with E-state index in [9.17, 15) is 18.3 Å². The van der Waals surface area contributed by atoms with Crippen LogP contribution in [0.25, 0.3) is 0 Å². The molecule has 0 saturated carbocycles. The largest absolute Gasteiger partial charge is 0.548 e. The second-order valence-corrected chi connectivity index (χ2v) is 11.0. The zero-order chi connectivity index (χ0) is 14.5. The lowest BCUT2D eigenvalue weighted by molar-refractivity contribution is -0.473. The molecule has 0 aliphatic heterocycles. The molecule has 0 bridgehead atoms. The molecular formula is H8NO12P4+. The van der Waals surface area contributed by atoms with Crippen LogP contribution in [0.5, 0.6) is 0 Å². The van der Waals surface area contributed by atoms with Gasteiger partial charge >= 0.3 is 31.0 Å². The first-order chi connectivity index (χ1) is 7.00. The molecule has 104 valence electrons. The van der Waals surface area contributed by atoms with Gasteiger partial charge in [0, 0.05) is 3.57 Å². The predicted octanol–water partition coefficient (Wildman–Crippen LogP) is -1.83. The van der Waals surface area contributed by atoms with Crippen LogP contribution in [-0.2, 0) is 18.3 Å². The molecule has 0 aliphatic carbocycles. The van der Waals surface area contributed by atoms with Crippen molar-refractivity contribution < 1.29 is 61.0 Å². The Morgan fingerprint density at radius 3 is 0.588 bits per heavy atom. The highest BCUT2D eigenvalue weighted by Crippen LogP contribution is 2.90. The molecule has 13 nitrogen and oxygen atoms in total. The molecule has 17 heavy (non-hydrogen) atoms. The Balaban J connectivity index is 6.84. The maximum atomic E-state index is 10.8. The summed E-state index contributed by atoms with van der Waals surface area (Å²) in [7, 11) is -26.5. The van der Waals surface area contributed by atoms with Gasteiger partial charge in [-0.2, -0.15) is 0 Å². The standard InChI is InChI=1S/H7NO12P4/c2-14(3,4)1(15(5,6)7,16(8,9)10)17(11,12)13/h(H7-,2,3,4,5,6,7,8,9,10,11,12,13)/p+1. The van der Waals surface area contributed by atoms with E-state index < -0.39 is 34.6 Å². The van der Waals surface area contributed by atoms with Crippen LogP contribution in [0.4, 0.5) is 0 Å². The van der Waals surface area contributed by atoms with E-state index in [0.717, 1.165) is 0 Å². The third kappa shape index (κ3) is 2.63. The Morgan fingerprint density at radius 2 is 0.588 bits per heavy atom. The summed E-state index contributed by atoms with van der Waals surface area (Å²) >= 11 is 0. The average Bonchev–Trinajstić information content (AvgIpc) is 1.67. The number of nitrogens with zero attached hydrogens (tertiary/aromatic N) is 1. The molecule has 0 unspecified atom stereocenters. The van der Waals surface area contributed by atoms with Crippen molar-refractivity contribution in [3.8, 4) is 0 Å². The van der Waals surface area contributed by atoms with E-state index in [1.54, 1.807) is 0 Å². The highest BCUT2D eigenvalue weighted by Gasteiger charge is 2.81. The molecule has 0 radical (unpaired) electrons. The highest BCUT2D eigenvalue weighted by molar-refractivity contribution is 7.81. The quantitative estimate of drug-likeness (QED) is 0.265. The third-order valence-corrected chi connectivity index (χ3v) is 12.6. The van der Waals surface area contributed by atoms with Crippen molar-refractivity contribution in [3.63, 3.8) is 0 Å². The normalized spacial score (nSPS) is 16.0. The van der Waals surface area contributed by atoms with E-state index in [1.807, 2.05) is 0 Å². The molecule has 0 fully saturated rings. The Hall–Kier alpha value is 0.560. The summed E-state index contributed by atoms with van der Waals surface area (Å²) in [6.07, 6.45) is 0. The van der Waals surface area contributed by atoms with Crippen LogP contribution in [0.1, 0.15) is 0 Å². The fourth-order valence-corrected chi connectivity index (χ4v) is 8.20. The molecule has 0 rings (SSSR count). The van der Waals surface area contributed by atoms with Gasteiger partial charge in [0.05, 0.1) is 0 Å². The minimum absolute atomic E-state index is 4.25. The first-order valence-electron chi connectivity index (χ1n) is 3.13. The van der Waals surface area contributed by atoms with Crippen LogP contribution in [-0.4, -0.2) is 42.7 Å². The van der Waals surface area contributed by atoms with Gasteiger partial charge in [-0.15, -0.1) is 0 Å². The van der Waals surface area contributed by atoms with Gasteiger partial charge in [0.25, 0.3) is 0 Å². The maximum absolute atomic E-state index is 10.8. The van der Waals surface area contributed by atoms with Crippen LogP contribution in [0, 0.1) is 0 Å². The molecule has 0 spiro atoms. The number of hydrogen-bond acceptors (Lipinski definition) is 4. The van der Waals surface area contributed by atoms with E-state index in [0.29, 0.717) is 0 Å². The zero-order valence-corrected chi connectivity index (χ0v) is 11.0. The fourth-order valence-electron chi connectivity index (χ4n) is 0.911. The lowest BCUT2D eigenvalue weighted by Gasteiger charge is -2.34. The summed E-state index contributed by atoms with van der Waals surface area (Å²) in [4.78, 5) is 68.3. The summed E-state index contributed by atoms with van der Waals surface area (Å²) in [6, 6.07) is 0. The van der Waals surface area contributed by atoms with Gasteiger partial charge in [-0.05, 0) is 0 Å². The Kier molecular flexibility index (Phi) is 4.43. The van der Waals surface area contributed by atoms with Gasteiger partial charge < -0.3 is 0 Å². The van der Waals surface area contributed by atoms with Crippen LogP contribution >= 0.6 is 31.0 Å². The van der Waals surface area contributed by atoms with E-state index in [1.165, 1.54) is 0 Å². The van der Waals surface area contributed by atoms with Gasteiger partial charge in [-0.3, -0.25) is 39.1 Å².